The highest BCUT2D eigenvalue weighted by Crippen LogP contribution is 2.40. The Morgan fingerprint density at radius 2 is 1.89 bits per heavy atom. The maximum absolute atomic E-state index is 5.92. The van der Waals surface area contributed by atoms with Gasteiger partial charge in [0, 0.05) is 0 Å². The third-order valence-electron chi connectivity index (χ3n) is 3.72. The van der Waals surface area contributed by atoms with Gasteiger partial charge in [0.25, 0.3) is 0 Å². The molecular formula is C15H20N2O. The molecule has 0 aliphatic carbocycles. The second-order valence-corrected chi connectivity index (χ2v) is 5.68. The van der Waals surface area contributed by atoms with Crippen molar-refractivity contribution in [2.45, 2.75) is 46.1 Å². The molecule has 1 aromatic heterocycles. The Hall–Kier alpha value is -1.51. The zero-order valence-corrected chi connectivity index (χ0v) is 11.5. The summed E-state index contributed by atoms with van der Waals surface area (Å²) in [6.45, 7) is 10.6. The normalized spacial score (nSPS) is 14.6. The second kappa shape index (κ2) is 4.01. The zero-order chi connectivity index (χ0) is 12.9. The summed E-state index contributed by atoms with van der Waals surface area (Å²) in [6, 6.07) is 2.29. The standard InChI is InChI=1S/C15H20N2O/c1-9(2)11-7-12(10(3)4)15-14-13(11)16-8-17(14)5-6-18-15/h7-10H,5-6H2,1-4H3. The summed E-state index contributed by atoms with van der Waals surface area (Å²) in [7, 11) is 0. The van der Waals surface area contributed by atoms with Gasteiger partial charge in [-0.05, 0) is 29.0 Å². The van der Waals surface area contributed by atoms with Gasteiger partial charge < -0.3 is 9.30 Å². The fourth-order valence-electron chi connectivity index (χ4n) is 2.71. The predicted molar refractivity (Wildman–Crippen MR) is 73.4 cm³/mol. The topological polar surface area (TPSA) is 27.1 Å². The van der Waals surface area contributed by atoms with Crippen LogP contribution in [0.5, 0.6) is 5.75 Å². The molecule has 0 fully saturated rings. The van der Waals surface area contributed by atoms with Crippen molar-refractivity contribution in [2.75, 3.05) is 6.61 Å². The number of benzene rings is 1. The molecule has 1 aliphatic rings. The van der Waals surface area contributed by atoms with E-state index in [2.05, 4.69) is 43.3 Å². The van der Waals surface area contributed by atoms with Crippen LogP contribution in [0.15, 0.2) is 12.4 Å². The molecule has 0 saturated carbocycles. The Labute approximate surface area is 108 Å². The van der Waals surface area contributed by atoms with Crippen molar-refractivity contribution in [2.24, 2.45) is 0 Å². The Morgan fingerprint density at radius 1 is 1.17 bits per heavy atom. The SMILES string of the molecule is CC(C)c1cc(C(C)C)c2ncn3c2c1OCC3. The van der Waals surface area contributed by atoms with Gasteiger partial charge in [0.1, 0.15) is 17.9 Å². The van der Waals surface area contributed by atoms with Crippen LogP contribution < -0.4 is 4.74 Å². The van der Waals surface area contributed by atoms with Crippen molar-refractivity contribution in [3.05, 3.63) is 23.5 Å². The molecule has 0 atom stereocenters. The zero-order valence-electron chi connectivity index (χ0n) is 11.5. The smallest absolute Gasteiger partial charge is 0.148 e. The van der Waals surface area contributed by atoms with Gasteiger partial charge in [0.05, 0.1) is 18.4 Å². The van der Waals surface area contributed by atoms with Crippen LogP contribution in [0, 0.1) is 0 Å². The van der Waals surface area contributed by atoms with E-state index in [0.717, 1.165) is 24.4 Å². The fourth-order valence-corrected chi connectivity index (χ4v) is 2.71. The number of ether oxygens (including phenoxy) is 1. The average Bonchev–Trinajstić information content (AvgIpc) is 2.75. The summed E-state index contributed by atoms with van der Waals surface area (Å²) in [4.78, 5) is 4.59. The Balaban J connectivity index is 2.39. The molecule has 18 heavy (non-hydrogen) atoms. The van der Waals surface area contributed by atoms with E-state index < -0.39 is 0 Å². The van der Waals surface area contributed by atoms with Crippen molar-refractivity contribution in [3.8, 4) is 5.75 Å². The van der Waals surface area contributed by atoms with Crippen LogP contribution >= 0.6 is 0 Å². The van der Waals surface area contributed by atoms with Crippen molar-refractivity contribution in [1.29, 1.82) is 0 Å². The van der Waals surface area contributed by atoms with E-state index in [1.165, 1.54) is 16.6 Å². The maximum Gasteiger partial charge on any atom is 0.148 e. The molecule has 0 amide bonds. The monoisotopic (exact) mass is 244 g/mol. The van der Waals surface area contributed by atoms with E-state index in [-0.39, 0.29) is 0 Å². The highest BCUT2D eigenvalue weighted by molar-refractivity contribution is 5.87. The molecule has 0 radical (unpaired) electrons. The van der Waals surface area contributed by atoms with Crippen LogP contribution in [0.25, 0.3) is 11.0 Å². The predicted octanol–water partition coefficient (Wildman–Crippen LogP) is 3.68. The van der Waals surface area contributed by atoms with Gasteiger partial charge in [0.15, 0.2) is 0 Å². The Kier molecular flexibility index (Phi) is 2.58. The van der Waals surface area contributed by atoms with Gasteiger partial charge in [-0.1, -0.05) is 27.7 Å². The van der Waals surface area contributed by atoms with Crippen LogP contribution in [-0.2, 0) is 6.54 Å². The first-order valence-corrected chi connectivity index (χ1v) is 6.74. The van der Waals surface area contributed by atoms with Crippen LogP contribution in [0.4, 0.5) is 0 Å². The summed E-state index contributed by atoms with van der Waals surface area (Å²) in [5.41, 5.74) is 4.95. The van der Waals surface area contributed by atoms with Crippen molar-refractivity contribution in [3.63, 3.8) is 0 Å². The highest BCUT2D eigenvalue weighted by atomic mass is 16.5. The molecule has 3 heteroatoms. The minimum Gasteiger partial charge on any atom is -0.489 e. The van der Waals surface area contributed by atoms with Crippen LogP contribution in [-0.4, -0.2) is 16.2 Å². The summed E-state index contributed by atoms with van der Waals surface area (Å²) in [5, 5.41) is 0. The maximum atomic E-state index is 5.92. The van der Waals surface area contributed by atoms with Gasteiger partial charge in [-0.25, -0.2) is 4.98 Å². The lowest BCUT2D eigenvalue weighted by atomic mass is 9.93. The molecule has 1 aliphatic heterocycles. The number of rotatable bonds is 2. The summed E-state index contributed by atoms with van der Waals surface area (Å²) in [5.74, 6) is 2.01. The van der Waals surface area contributed by atoms with E-state index in [9.17, 15) is 0 Å². The van der Waals surface area contributed by atoms with Gasteiger partial charge in [-0.2, -0.15) is 0 Å². The van der Waals surface area contributed by atoms with Crippen molar-refractivity contribution < 1.29 is 4.74 Å². The van der Waals surface area contributed by atoms with Crippen LogP contribution in [0.3, 0.4) is 0 Å². The molecule has 3 nitrogen and oxygen atoms in total. The van der Waals surface area contributed by atoms with Crippen LogP contribution in [0.2, 0.25) is 0 Å². The molecule has 0 saturated heterocycles. The van der Waals surface area contributed by atoms with Gasteiger partial charge >= 0.3 is 0 Å². The van der Waals surface area contributed by atoms with E-state index in [1.807, 2.05) is 6.33 Å². The lowest BCUT2D eigenvalue weighted by Gasteiger charge is -2.23. The first-order chi connectivity index (χ1) is 8.59. The molecule has 0 spiro atoms. The van der Waals surface area contributed by atoms with E-state index >= 15 is 0 Å². The molecule has 3 rings (SSSR count). The Bertz CT molecular complexity index is 596. The van der Waals surface area contributed by atoms with Crippen molar-refractivity contribution in [1.82, 2.24) is 9.55 Å². The summed E-state index contributed by atoms with van der Waals surface area (Å²) in [6.07, 6.45) is 1.95. The van der Waals surface area contributed by atoms with Gasteiger partial charge in [-0.3, -0.25) is 0 Å². The summed E-state index contributed by atoms with van der Waals surface area (Å²) < 4.78 is 8.15. The number of nitrogens with zero attached hydrogens (tertiary/aromatic N) is 2. The lowest BCUT2D eigenvalue weighted by Crippen LogP contribution is -2.15. The molecule has 96 valence electrons. The molecular weight excluding hydrogens is 224 g/mol. The first-order valence-electron chi connectivity index (χ1n) is 6.74. The largest absolute Gasteiger partial charge is 0.489 e. The molecule has 0 unspecified atom stereocenters. The summed E-state index contributed by atoms with van der Waals surface area (Å²) >= 11 is 0. The lowest BCUT2D eigenvalue weighted by molar-refractivity contribution is 0.283. The van der Waals surface area contributed by atoms with Gasteiger partial charge in [0.2, 0.25) is 0 Å². The Morgan fingerprint density at radius 3 is 2.56 bits per heavy atom. The van der Waals surface area contributed by atoms with E-state index in [0.29, 0.717) is 11.8 Å². The molecule has 1 aromatic carbocycles. The molecule has 0 bridgehead atoms. The number of hydrogen-bond acceptors (Lipinski definition) is 2. The fraction of sp³-hybridized carbons (Fsp3) is 0.533. The number of aromatic nitrogens is 2. The molecule has 2 heterocycles. The van der Waals surface area contributed by atoms with E-state index in [4.69, 9.17) is 4.74 Å². The average molecular weight is 244 g/mol. The highest BCUT2D eigenvalue weighted by Gasteiger charge is 2.23. The van der Waals surface area contributed by atoms with E-state index in [1.54, 1.807) is 0 Å². The van der Waals surface area contributed by atoms with Crippen LogP contribution in [0.1, 0.15) is 50.7 Å². The third-order valence-corrected chi connectivity index (χ3v) is 3.72. The molecule has 2 aromatic rings. The van der Waals surface area contributed by atoms with Crippen molar-refractivity contribution >= 4 is 11.0 Å². The minimum atomic E-state index is 0.475. The molecule has 0 N–H and O–H groups in total. The third kappa shape index (κ3) is 1.53. The van der Waals surface area contributed by atoms with Gasteiger partial charge in [-0.15, -0.1) is 0 Å². The number of hydrogen-bond donors (Lipinski definition) is 0. The second-order valence-electron chi connectivity index (χ2n) is 5.68. The number of imidazole rings is 1. The first kappa shape index (κ1) is 11.6. The minimum absolute atomic E-state index is 0.475. The quantitative estimate of drug-likeness (QED) is 0.805.